The molecular weight excluding hydrogens is 541 g/mol. The number of hydrogen-bond acceptors (Lipinski definition) is 4. The van der Waals surface area contributed by atoms with Gasteiger partial charge in [0, 0.05) is 12.0 Å². The molecule has 6 nitrogen and oxygen atoms in total. The number of carbonyl (C=O) groups is 2. The highest BCUT2D eigenvalue weighted by molar-refractivity contribution is 6.21. The second-order valence-corrected chi connectivity index (χ2v) is 12.1. The second kappa shape index (κ2) is 10.4. The summed E-state index contributed by atoms with van der Waals surface area (Å²) < 4.78 is 22.2. The van der Waals surface area contributed by atoms with Crippen LogP contribution in [0.15, 0.2) is 84.6 Å². The van der Waals surface area contributed by atoms with E-state index < -0.39 is 0 Å². The Balaban J connectivity index is 1.15. The Morgan fingerprint density at radius 2 is 1.60 bits per heavy atom. The van der Waals surface area contributed by atoms with Crippen LogP contribution >= 0.6 is 0 Å². The third-order valence-electron chi connectivity index (χ3n) is 9.87. The summed E-state index contributed by atoms with van der Waals surface area (Å²) >= 11 is 0. The Morgan fingerprint density at radius 3 is 2.30 bits per heavy atom. The zero-order valence-electron chi connectivity index (χ0n) is 24.5. The Kier molecular flexibility index (Phi) is 6.66. The smallest absolute Gasteiger partial charge is 0.261 e. The van der Waals surface area contributed by atoms with Crippen molar-refractivity contribution in [2.45, 2.75) is 58.1 Å². The maximum atomic E-state index is 13.6. The number of aromatic nitrogens is 2. The number of rotatable bonds is 8. The first-order valence-corrected chi connectivity index (χ1v) is 15.0. The lowest BCUT2D eigenvalue weighted by atomic mass is 9.65. The van der Waals surface area contributed by atoms with Gasteiger partial charge in [-0.2, -0.15) is 5.10 Å². The van der Waals surface area contributed by atoms with E-state index in [-0.39, 0.29) is 35.2 Å². The number of carbonyl (C=O) groups excluding carboxylic acids is 2. The van der Waals surface area contributed by atoms with Gasteiger partial charge in [0.15, 0.2) is 0 Å². The molecule has 1 unspecified atom stereocenters. The van der Waals surface area contributed by atoms with Crippen LogP contribution < -0.4 is 0 Å². The van der Waals surface area contributed by atoms with E-state index in [1.807, 2.05) is 29.1 Å². The van der Waals surface area contributed by atoms with Gasteiger partial charge in [-0.25, -0.2) is 9.07 Å². The van der Waals surface area contributed by atoms with Gasteiger partial charge in [0.2, 0.25) is 0 Å². The van der Waals surface area contributed by atoms with E-state index in [9.17, 15) is 14.0 Å². The van der Waals surface area contributed by atoms with Gasteiger partial charge in [0.05, 0.1) is 40.9 Å². The molecule has 1 aliphatic heterocycles. The zero-order valence-corrected chi connectivity index (χ0v) is 24.5. The van der Waals surface area contributed by atoms with Crippen molar-refractivity contribution in [1.82, 2.24) is 14.7 Å². The monoisotopic (exact) mass is 575 g/mol. The van der Waals surface area contributed by atoms with E-state index in [0.717, 1.165) is 60.2 Å². The van der Waals surface area contributed by atoms with Crippen LogP contribution in [0, 0.1) is 11.2 Å². The Bertz CT molecular complexity index is 1740. The molecule has 7 heteroatoms. The molecule has 4 aromatic rings. The average molecular weight is 576 g/mol. The SMILES string of the molecule is CCO[C@@]1(CCc2ccccc2CN2C(=O)c3ccccc3C2=O)CCC2=Cc3c(cnn3-c3ccc(F)cc3)CC21C. The molecule has 3 aromatic carbocycles. The Morgan fingerprint density at radius 1 is 0.930 bits per heavy atom. The predicted molar refractivity (Wildman–Crippen MR) is 162 cm³/mol. The van der Waals surface area contributed by atoms with E-state index in [1.165, 1.54) is 22.6 Å². The fourth-order valence-corrected chi connectivity index (χ4v) is 7.53. The lowest BCUT2D eigenvalue weighted by molar-refractivity contribution is -0.104. The first-order chi connectivity index (χ1) is 20.8. The van der Waals surface area contributed by atoms with Crippen molar-refractivity contribution in [2.24, 2.45) is 5.41 Å². The number of halogens is 1. The molecule has 43 heavy (non-hydrogen) atoms. The van der Waals surface area contributed by atoms with Gasteiger partial charge in [-0.05, 0) is 98.2 Å². The summed E-state index contributed by atoms with van der Waals surface area (Å²) in [6.07, 6.45) is 8.44. The maximum Gasteiger partial charge on any atom is 0.261 e. The molecule has 3 aliphatic rings. The van der Waals surface area contributed by atoms with Crippen molar-refractivity contribution in [3.63, 3.8) is 0 Å². The van der Waals surface area contributed by atoms with Crippen LogP contribution in [0.25, 0.3) is 11.8 Å². The van der Waals surface area contributed by atoms with Crippen molar-refractivity contribution in [2.75, 3.05) is 6.61 Å². The quantitative estimate of drug-likeness (QED) is 0.213. The molecule has 2 amide bonds. The summed E-state index contributed by atoms with van der Waals surface area (Å²) in [6, 6.07) is 21.6. The molecule has 1 fully saturated rings. The molecule has 2 heterocycles. The molecule has 0 bridgehead atoms. The lowest BCUT2D eigenvalue weighted by Crippen LogP contribution is -2.48. The van der Waals surface area contributed by atoms with Gasteiger partial charge in [0.25, 0.3) is 11.8 Å². The summed E-state index contributed by atoms with van der Waals surface area (Å²) in [5.74, 6) is -0.741. The summed E-state index contributed by atoms with van der Waals surface area (Å²) in [6.45, 7) is 5.24. The molecule has 7 rings (SSSR count). The van der Waals surface area contributed by atoms with Crippen LogP contribution in [0.1, 0.15) is 76.2 Å². The minimum absolute atomic E-state index is 0.204. The summed E-state index contributed by atoms with van der Waals surface area (Å²) in [4.78, 5) is 27.5. The summed E-state index contributed by atoms with van der Waals surface area (Å²) in [5.41, 5.74) is 6.88. The van der Waals surface area contributed by atoms with Crippen LogP contribution in [0.4, 0.5) is 4.39 Å². The molecule has 0 spiro atoms. The normalized spacial score (nSPS) is 22.4. The fourth-order valence-electron chi connectivity index (χ4n) is 7.53. The van der Waals surface area contributed by atoms with Gasteiger partial charge >= 0.3 is 0 Å². The highest BCUT2D eigenvalue weighted by Gasteiger charge is 2.56. The van der Waals surface area contributed by atoms with Crippen molar-refractivity contribution >= 4 is 17.9 Å². The molecule has 218 valence electrons. The lowest BCUT2D eigenvalue weighted by Gasteiger charge is -2.46. The second-order valence-electron chi connectivity index (χ2n) is 12.1. The molecule has 2 atom stereocenters. The first-order valence-electron chi connectivity index (χ1n) is 15.0. The van der Waals surface area contributed by atoms with Crippen LogP contribution in [-0.4, -0.2) is 38.7 Å². The molecule has 0 radical (unpaired) electrons. The van der Waals surface area contributed by atoms with Crippen LogP contribution in [0.3, 0.4) is 0 Å². The summed E-state index contributed by atoms with van der Waals surface area (Å²) in [7, 11) is 0. The zero-order chi connectivity index (χ0) is 29.8. The first kappa shape index (κ1) is 27.5. The van der Waals surface area contributed by atoms with Crippen LogP contribution in [-0.2, 0) is 24.1 Å². The van der Waals surface area contributed by atoms with Gasteiger partial charge < -0.3 is 4.74 Å². The van der Waals surface area contributed by atoms with E-state index in [4.69, 9.17) is 4.74 Å². The topological polar surface area (TPSA) is 64.4 Å². The van der Waals surface area contributed by atoms with Crippen molar-refractivity contribution < 1.29 is 18.7 Å². The largest absolute Gasteiger partial charge is 0.374 e. The minimum Gasteiger partial charge on any atom is -0.374 e. The molecule has 0 N–H and O–H groups in total. The number of nitrogens with zero attached hydrogens (tertiary/aromatic N) is 3. The molecule has 1 aromatic heterocycles. The number of hydrogen-bond donors (Lipinski definition) is 0. The van der Waals surface area contributed by atoms with Crippen LogP contribution in [0.5, 0.6) is 0 Å². The Labute approximate surface area is 250 Å². The number of aryl methyl sites for hydroxylation is 1. The fraction of sp³-hybridized carbons (Fsp3) is 0.306. The van der Waals surface area contributed by atoms with Gasteiger partial charge in [-0.15, -0.1) is 0 Å². The van der Waals surface area contributed by atoms with E-state index in [0.29, 0.717) is 17.7 Å². The third kappa shape index (κ3) is 4.37. The van der Waals surface area contributed by atoms with E-state index >= 15 is 0 Å². The van der Waals surface area contributed by atoms with Crippen LogP contribution in [0.2, 0.25) is 0 Å². The molecule has 0 saturated heterocycles. The number of ether oxygens (including phenoxy) is 1. The number of fused-ring (bicyclic) bond motifs is 3. The number of imide groups is 1. The predicted octanol–water partition coefficient (Wildman–Crippen LogP) is 6.96. The summed E-state index contributed by atoms with van der Waals surface area (Å²) in [5, 5.41) is 4.68. The third-order valence-corrected chi connectivity index (χ3v) is 9.87. The van der Waals surface area contributed by atoms with Crippen molar-refractivity contribution in [3.05, 3.63) is 124 Å². The Hall–Kier alpha value is -4.36. The highest BCUT2D eigenvalue weighted by Crippen LogP contribution is 2.58. The van der Waals surface area contributed by atoms with E-state index in [1.54, 1.807) is 36.4 Å². The molecule has 2 aliphatic carbocycles. The number of amides is 2. The van der Waals surface area contributed by atoms with Gasteiger partial charge in [-0.3, -0.25) is 14.5 Å². The average Bonchev–Trinajstić information content (AvgIpc) is 3.62. The van der Waals surface area contributed by atoms with Gasteiger partial charge in [-0.1, -0.05) is 48.9 Å². The van der Waals surface area contributed by atoms with Gasteiger partial charge in [0.1, 0.15) is 5.82 Å². The van der Waals surface area contributed by atoms with Crippen molar-refractivity contribution in [1.29, 1.82) is 0 Å². The van der Waals surface area contributed by atoms with E-state index in [2.05, 4.69) is 31.1 Å². The maximum absolute atomic E-state index is 13.6. The molecule has 1 saturated carbocycles. The highest BCUT2D eigenvalue weighted by atomic mass is 19.1. The molecular formula is C36H34FN3O3. The number of benzene rings is 3. The van der Waals surface area contributed by atoms with Crippen molar-refractivity contribution in [3.8, 4) is 5.69 Å². The standard InChI is InChI=1S/C36H34FN3O3/c1-3-43-36(18-16-24-8-4-5-9-25(24)23-39-33(41)30-10-6-7-11-31(30)34(39)42)19-17-27-20-32-26(21-35(27,36)2)22-38-40(32)29-14-12-28(37)13-15-29/h4-15,20,22H,3,16-19,21,23H2,1-2H3/t35?,36-/m0/s1. The minimum atomic E-state index is -0.369.